The summed E-state index contributed by atoms with van der Waals surface area (Å²) >= 11 is 0. The predicted molar refractivity (Wildman–Crippen MR) is 83.7 cm³/mol. The number of hydrogen-bond donors (Lipinski definition) is 1. The van der Waals surface area contributed by atoms with Crippen molar-refractivity contribution in [2.24, 2.45) is 0 Å². The number of aryl methyl sites for hydroxylation is 1. The topological polar surface area (TPSA) is 61.0 Å². The molecule has 2 N–H and O–H groups in total. The van der Waals surface area contributed by atoms with Crippen molar-refractivity contribution in [2.75, 3.05) is 5.73 Å². The average Bonchev–Trinajstić information content (AvgIpc) is 3.30. The Kier molecular flexibility index (Phi) is 3.78. The number of rotatable bonds is 5. The number of ether oxygens (including phenoxy) is 1. The zero-order valence-electron chi connectivity index (χ0n) is 12.6. The number of benzene rings is 1. The highest BCUT2D eigenvalue weighted by Gasteiger charge is 2.28. The van der Waals surface area contributed by atoms with Crippen LogP contribution in [0.5, 0.6) is 11.6 Å². The molecule has 0 saturated heterocycles. The maximum Gasteiger partial charge on any atom is 0.227 e. The fourth-order valence-corrected chi connectivity index (χ4v) is 2.28. The van der Waals surface area contributed by atoms with Gasteiger partial charge in [-0.3, -0.25) is 0 Å². The lowest BCUT2D eigenvalue weighted by molar-refractivity contribution is 0.454. The molecule has 2 aromatic rings. The third kappa shape index (κ3) is 3.15. The first-order valence-corrected chi connectivity index (χ1v) is 7.58. The monoisotopic (exact) mass is 283 g/mol. The molecule has 4 heteroatoms. The maximum absolute atomic E-state index is 5.97. The second-order valence-electron chi connectivity index (χ2n) is 5.67. The van der Waals surface area contributed by atoms with Gasteiger partial charge in [-0.25, -0.2) is 4.98 Å². The van der Waals surface area contributed by atoms with Crippen LogP contribution < -0.4 is 10.5 Å². The first-order valence-electron chi connectivity index (χ1n) is 7.58. The Morgan fingerprint density at radius 1 is 1.19 bits per heavy atom. The van der Waals surface area contributed by atoms with Crippen LogP contribution in [0.3, 0.4) is 0 Å². The van der Waals surface area contributed by atoms with Gasteiger partial charge in [0, 0.05) is 5.92 Å². The second-order valence-corrected chi connectivity index (χ2v) is 5.67. The summed E-state index contributed by atoms with van der Waals surface area (Å²) < 4.78 is 5.91. The molecule has 0 bridgehead atoms. The molecular formula is C17H21N3O. The molecule has 0 unspecified atom stereocenters. The van der Waals surface area contributed by atoms with E-state index < -0.39 is 0 Å². The molecule has 0 aliphatic heterocycles. The normalized spacial score (nSPS) is 14.2. The predicted octanol–water partition coefficient (Wildman–Crippen LogP) is 3.99. The molecule has 1 aromatic heterocycles. The summed E-state index contributed by atoms with van der Waals surface area (Å²) in [6.07, 6.45) is 4.53. The van der Waals surface area contributed by atoms with E-state index in [-0.39, 0.29) is 0 Å². The van der Waals surface area contributed by atoms with Crippen molar-refractivity contribution in [2.45, 2.75) is 45.4 Å². The van der Waals surface area contributed by atoms with E-state index in [1.165, 1.54) is 5.56 Å². The third-order valence-electron chi connectivity index (χ3n) is 3.78. The van der Waals surface area contributed by atoms with Crippen molar-refractivity contribution in [1.29, 1.82) is 0 Å². The van der Waals surface area contributed by atoms with Crippen LogP contribution in [0.25, 0.3) is 0 Å². The Morgan fingerprint density at radius 2 is 1.90 bits per heavy atom. The van der Waals surface area contributed by atoms with E-state index in [0.717, 1.165) is 42.8 Å². The molecule has 110 valence electrons. The van der Waals surface area contributed by atoms with Crippen molar-refractivity contribution in [3.63, 3.8) is 0 Å². The lowest BCUT2D eigenvalue weighted by Gasteiger charge is -2.11. The summed E-state index contributed by atoms with van der Waals surface area (Å²) in [7, 11) is 0. The average molecular weight is 283 g/mol. The Labute approximate surface area is 125 Å². The lowest BCUT2D eigenvalue weighted by Crippen LogP contribution is -2.04. The van der Waals surface area contributed by atoms with Crippen LogP contribution in [-0.2, 0) is 6.42 Å². The quantitative estimate of drug-likeness (QED) is 0.901. The fraction of sp³-hybridized carbons (Fsp3) is 0.412. The van der Waals surface area contributed by atoms with Gasteiger partial charge in [0.15, 0.2) is 0 Å². The van der Waals surface area contributed by atoms with E-state index in [4.69, 9.17) is 10.5 Å². The Bertz CT molecular complexity index is 633. The van der Waals surface area contributed by atoms with Crippen LogP contribution in [0, 0.1) is 6.92 Å². The number of anilines is 1. The van der Waals surface area contributed by atoms with E-state index in [1.807, 2.05) is 19.1 Å². The molecule has 1 aliphatic carbocycles. The van der Waals surface area contributed by atoms with Gasteiger partial charge in [-0.1, -0.05) is 25.5 Å². The smallest absolute Gasteiger partial charge is 0.227 e. The molecule has 21 heavy (non-hydrogen) atoms. The third-order valence-corrected chi connectivity index (χ3v) is 3.78. The summed E-state index contributed by atoms with van der Waals surface area (Å²) in [4.78, 5) is 8.90. The van der Waals surface area contributed by atoms with Gasteiger partial charge >= 0.3 is 0 Å². The minimum absolute atomic E-state index is 0.460. The van der Waals surface area contributed by atoms with Crippen LogP contribution in [0.4, 0.5) is 5.82 Å². The fourth-order valence-electron chi connectivity index (χ4n) is 2.28. The molecule has 1 aliphatic rings. The number of aromatic nitrogens is 2. The molecule has 3 rings (SSSR count). The second kappa shape index (κ2) is 5.72. The van der Waals surface area contributed by atoms with Crippen LogP contribution in [0.1, 0.15) is 49.1 Å². The number of nitrogen functional groups attached to an aromatic ring is 1. The van der Waals surface area contributed by atoms with Crippen molar-refractivity contribution < 1.29 is 4.74 Å². The largest absolute Gasteiger partial charge is 0.439 e. The van der Waals surface area contributed by atoms with Gasteiger partial charge in [0.05, 0.1) is 5.56 Å². The zero-order chi connectivity index (χ0) is 14.8. The number of hydrogen-bond acceptors (Lipinski definition) is 4. The zero-order valence-corrected chi connectivity index (χ0v) is 12.6. The Morgan fingerprint density at radius 3 is 2.52 bits per heavy atom. The molecule has 0 spiro atoms. The van der Waals surface area contributed by atoms with Gasteiger partial charge in [0.25, 0.3) is 0 Å². The van der Waals surface area contributed by atoms with Crippen molar-refractivity contribution >= 4 is 5.82 Å². The molecule has 1 aromatic carbocycles. The van der Waals surface area contributed by atoms with E-state index in [2.05, 4.69) is 29.0 Å². The van der Waals surface area contributed by atoms with E-state index >= 15 is 0 Å². The SMILES string of the molecule is CCCc1ccc(Oc2nc(C3CC3)nc(N)c2C)cc1. The lowest BCUT2D eigenvalue weighted by atomic mass is 10.1. The minimum Gasteiger partial charge on any atom is -0.439 e. The molecule has 4 nitrogen and oxygen atoms in total. The summed E-state index contributed by atoms with van der Waals surface area (Å²) in [5, 5.41) is 0. The van der Waals surface area contributed by atoms with Gasteiger partial charge < -0.3 is 10.5 Å². The number of nitrogens with zero attached hydrogens (tertiary/aromatic N) is 2. The minimum atomic E-state index is 0.460. The van der Waals surface area contributed by atoms with Crippen molar-refractivity contribution in [3.05, 3.63) is 41.2 Å². The summed E-state index contributed by atoms with van der Waals surface area (Å²) in [6, 6.07) is 8.17. The number of nitrogens with two attached hydrogens (primary N) is 1. The van der Waals surface area contributed by atoms with Gasteiger partial charge in [-0.05, 0) is 43.9 Å². The summed E-state index contributed by atoms with van der Waals surface area (Å²) in [6.45, 7) is 4.07. The molecule has 0 amide bonds. The summed E-state index contributed by atoms with van der Waals surface area (Å²) in [5.41, 5.74) is 8.10. The van der Waals surface area contributed by atoms with Crippen LogP contribution in [-0.4, -0.2) is 9.97 Å². The molecule has 0 atom stereocenters. The molecular weight excluding hydrogens is 262 g/mol. The molecule has 0 radical (unpaired) electrons. The first-order chi connectivity index (χ1) is 10.2. The Hall–Kier alpha value is -2.10. The summed E-state index contributed by atoms with van der Waals surface area (Å²) in [5.74, 6) is 3.16. The van der Waals surface area contributed by atoms with E-state index in [1.54, 1.807) is 0 Å². The van der Waals surface area contributed by atoms with Crippen molar-refractivity contribution in [3.8, 4) is 11.6 Å². The van der Waals surface area contributed by atoms with E-state index in [0.29, 0.717) is 17.6 Å². The molecule has 1 fully saturated rings. The first kappa shape index (κ1) is 13.9. The van der Waals surface area contributed by atoms with Crippen LogP contribution >= 0.6 is 0 Å². The van der Waals surface area contributed by atoms with Gasteiger partial charge in [0.1, 0.15) is 17.4 Å². The highest BCUT2D eigenvalue weighted by Crippen LogP contribution is 2.40. The van der Waals surface area contributed by atoms with Gasteiger partial charge in [-0.15, -0.1) is 0 Å². The van der Waals surface area contributed by atoms with Gasteiger partial charge in [-0.2, -0.15) is 4.98 Å². The molecule has 1 heterocycles. The van der Waals surface area contributed by atoms with Gasteiger partial charge in [0.2, 0.25) is 5.88 Å². The van der Waals surface area contributed by atoms with E-state index in [9.17, 15) is 0 Å². The highest BCUT2D eigenvalue weighted by atomic mass is 16.5. The standard InChI is InChI=1S/C17H21N3O/c1-3-4-12-5-9-14(10-6-12)21-17-11(2)15(18)19-16(20-17)13-7-8-13/h5-6,9-10,13H,3-4,7-8H2,1-2H3,(H2,18,19,20). The Balaban J connectivity index is 1.83. The maximum atomic E-state index is 5.97. The van der Waals surface area contributed by atoms with Crippen molar-refractivity contribution in [1.82, 2.24) is 9.97 Å². The van der Waals surface area contributed by atoms with Crippen LogP contribution in [0.2, 0.25) is 0 Å². The highest BCUT2D eigenvalue weighted by molar-refractivity contribution is 5.46. The van der Waals surface area contributed by atoms with Crippen LogP contribution in [0.15, 0.2) is 24.3 Å². The molecule has 1 saturated carbocycles.